The number of fused-ring (bicyclic) bond motifs is 1. The number of aryl methyl sites for hydroxylation is 1. The van der Waals surface area contributed by atoms with Crippen LogP contribution in [0.25, 0.3) is 10.8 Å². The summed E-state index contributed by atoms with van der Waals surface area (Å²) in [6, 6.07) is 23.2. The number of aliphatic hydroxyl groups excluding tert-OH is 1. The number of phenolic OH excluding ortho intramolecular Hbond substituents is 1. The molecule has 5 N–H and O–H groups in total. The summed E-state index contributed by atoms with van der Waals surface area (Å²) in [5, 5.41) is 40.5. The van der Waals surface area contributed by atoms with Crippen molar-refractivity contribution in [3.63, 3.8) is 0 Å². The van der Waals surface area contributed by atoms with Crippen LogP contribution < -0.4 is 10.1 Å². The summed E-state index contributed by atoms with van der Waals surface area (Å²) in [4.78, 5) is -0.982. The number of benzene rings is 5. The predicted molar refractivity (Wildman–Crippen MR) is 174 cm³/mol. The van der Waals surface area contributed by atoms with Crippen molar-refractivity contribution in [3.05, 3.63) is 96.6 Å². The maximum Gasteiger partial charge on any atom is 0.296 e. The predicted octanol–water partition coefficient (Wildman–Crippen LogP) is 7.29. The summed E-state index contributed by atoms with van der Waals surface area (Å²) in [5.41, 5.74) is 2.07. The van der Waals surface area contributed by atoms with Gasteiger partial charge in [0, 0.05) is 22.8 Å². The lowest BCUT2D eigenvalue weighted by molar-refractivity contribution is 0.202. The minimum atomic E-state index is -4.88. The number of nitrogens with zero attached hydrogens (tertiary/aromatic N) is 4. The van der Waals surface area contributed by atoms with E-state index in [-0.39, 0.29) is 40.6 Å². The van der Waals surface area contributed by atoms with Crippen LogP contribution >= 0.6 is 0 Å². The molecule has 14 nitrogen and oxygen atoms in total. The molecule has 0 spiro atoms. The number of para-hydroxylation sites is 1. The van der Waals surface area contributed by atoms with Crippen molar-refractivity contribution in [1.82, 2.24) is 0 Å². The van der Waals surface area contributed by atoms with Crippen molar-refractivity contribution in [3.8, 4) is 11.5 Å². The standard InChI is InChI=1S/C31H27N5O9S2/c1-19-15-27(28(45-14-13-37)18-26(19)34-33-22-7-10-24(11-8-22)46(39,40)41)35-36-30-29(47(42,43)44)17-20-16-23(9-12-25(20)31(30)38)32-21-5-3-2-4-6-21/h2-12,15-18,32,37-38H,13-14H2,1H3,(H,39,40,41)(H,42,43,44). The Labute approximate surface area is 269 Å². The van der Waals surface area contributed by atoms with E-state index in [1.165, 1.54) is 42.5 Å². The lowest BCUT2D eigenvalue weighted by Gasteiger charge is -2.12. The quantitative estimate of drug-likeness (QED) is 0.0693. The summed E-state index contributed by atoms with van der Waals surface area (Å²) in [7, 11) is -9.25. The van der Waals surface area contributed by atoms with Crippen LogP contribution in [0.2, 0.25) is 0 Å². The number of nitrogens with one attached hydrogen (secondary N) is 1. The first kappa shape index (κ1) is 33.1. The Hall–Kier alpha value is -5.26. The molecule has 0 amide bonds. The molecule has 0 atom stereocenters. The lowest BCUT2D eigenvalue weighted by Crippen LogP contribution is -2.02. The van der Waals surface area contributed by atoms with Crippen LogP contribution in [0.5, 0.6) is 11.5 Å². The molecule has 0 aliphatic rings. The van der Waals surface area contributed by atoms with E-state index in [0.717, 1.165) is 5.69 Å². The molecule has 0 saturated heterocycles. The minimum Gasteiger partial charge on any atom is -0.505 e. The third kappa shape index (κ3) is 7.94. The first-order chi connectivity index (χ1) is 22.3. The topological polar surface area (TPSA) is 220 Å². The molecule has 0 aromatic heterocycles. The number of hydrogen-bond donors (Lipinski definition) is 5. The SMILES string of the molecule is Cc1cc(N=Nc2c(S(=O)(=O)O)cc3cc(Nc4ccccc4)ccc3c2O)c(OCCO)cc1N=Nc1ccc(S(=O)(=O)O)cc1. The van der Waals surface area contributed by atoms with E-state index in [9.17, 15) is 31.6 Å². The van der Waals surface area contributed by atoms with Gasteiger partial charge in [-0.3, -0.25) is 9.11 Å². The fourth-order valence-electron chi connectivity index (χ4n) is 4.43. The Morgan fingerprint density at radius 2 is 1.45 bits per heavy atom. The first-order valence-corrected chi connectivity index (χ1v) is 16.6. The van der Waals surface area contributed by atoms with Crippen molar-refractivity contribution < 1.29 is 40.9 Å². The summed E-state index contributed by atoms with van der Waals surface area (Å²) in [6.07, 6.45) is 0. The van der Waals surface area contributed by atoms with Crippen LogP contribution in [-0.2, 0) is 20.2 Å². The zero-order chi connectivity index (χ0) is 33.8. The van der Waals surface area contributed by atoms with Crippen LogP contribution in [0.15, 0.2) is 121 Å². The van der Waals surface area contributed by atoms with E-state index in [4.69, 9.17) is 9.29 Å². The maximum atomic E-state index is 12.4. The van der Waals surface area contributed by atoms with Crippen LogP contribution in [0.1, 0.15) is 5.56 Å². The highest BCUT2D eigenvalue weighted by molar-refractivity contribution is 7.86. The average molecular weight is 678 g/mol. The third-order valence-corrected chi connectivity index (χ3v) is 8.42. The molecule has 0 radical (unpaired) electrons. The van der Waals surface area contributed by atoms with Gasteiger partial charge in [-0.05, 0) is 84.6 Å². The Morgan fingerprint density at radius 3 is 2.11 bits per heavy atom. The molecule has 16 heteroatoms. The van der Waals surface area contributed by atoms with Gasteiger partial charge in [-0.25, -0.2) is 0 Å². The number of phenols is 1. The van der Waals surface area contributed by atoms with Gasteiger partial charge in [-0.2, -0.15) is 27.1 Å². The second-order valence-corrected chi connectivity index (χ2v) is 12.8. The highest BCUT2D eigenvalue weighted by Gasteiger charge is 2.22. The maximum absolute atomic E-state index is 12.4. The zero-order valence-electron chi connectivity index (χ0n) is 24.5. The molecule has 0 heterocycles. The lowest BCUT2D eigenvalue weighted by atomic mass is 10.1. The number of azo groups is 2. The summed E-state index contributed by atoms with van der Waals surface area (Å²) in [5.74, 6) is -0.459. The van der Waals surface area contributed by atoms with Gasteiger partial charge in [-0.1, -0.05) is 18.2 Å². The van der Waals surface area contributed by atoms with Crippen molar-refractivity contribution in [1.29, 1.82) is 0 Å². The van der Waals surface area contributed by atoms with Crippen molar-refractivity contribution in [2.24, 2.45) is 20.5 Å². The van der Waals surface area contributed by atoms with Gasteiger partial charge in [0.15, 0.2) is 5.75 Å². The van der Waals surface area contributed by atoms with Crippen molar-refractivity contribution >= 4 is 65.1 Å². The van der Waals surface area contributed by atoms with E-state index < -0.39 is 36.6 Å². The number of aromatic hydroxyl groups is 1. The molecule has 5 rings (SSSR count). The van der Waals surface area contributed by atoms with Crippen molar-refractivity contribution in [2.45, 2.75) is 16.7 Å². The van der Waals surface area contributed by atoms with E-state index in [1.807, 2.05) is 30.3 Å². The van der Waals surface area contributed by atoms with Gasteiger partial charge in [0.25, 0.3) is 20.2 Å². The van der Waals surface area contributed by atoms with Gasteiger partial charge in [-0.15, -0.1) is 10.2 Å². The van der Waals surface area contributed by atoms with Gasteiger partial charge in [0.1, 0.15) is 28.6 Å². The van der Waals surface area contributed by atoms with E-state index in [2.05, 4.69) is 25.8 Å². The normalized spacial score (nSPS) is 12.3. The second kappa shape index (κ2) is 13.6. The Bertz CT molecular complexity index is 2230. The Balaban J connectivity index is 1.51. The molecular formula is C31H27N5O9S2. The fourth-order valence-corrected chi connectivity index (χ4v) is 5.57. The second-order valence-electron chi connectivity index (χ2n) is 10.0. The van der Waals surface area contributed by atoms with Gasteiger partial charge in [0.05, 0.1) is 22.9 Å². The van der Waals surface area contributed by atoms with Crippen molar-refractivity contribution in [2.75, 3.05) is 18.5 Å². The van der Waals surface area contributed by atoms with E-state index in [0.29, 0.717) is 22.3 Å². The molecule has 5 aromatic rings. The smallest absolute Gasteiger partial charge is 0.296 e. The average Bonchev–Trinajstić information content (AvgIpc) is 3.03. The molecule has 5 aromatic carbocycles. The van der Waals surface area contributed by atoms with Gasteiger partial charge < -0.3 is 20.3 Å². The first-order valence-electron chi connectivity index (χ1n) is 13.7. The molecule has 0 aliphatic carbocycles. The molecule has 0 fully saturated rings. The van der Waals surface area contributed by atoms with Crippen LogP contribution in [0.4, 0.5) is 34.1 Å². The number of hydrogen-bond acceptors (Lipinski definition) is 12. The third-order valence-electron chi connectivity index (χ3n) is 6.68. The van der Waals surface area contributed by atoms with E-state index in [1.54, 1.807) is 25.1 Å². The zero-order valence-corrected chi connectivity index (χ0v) is 26.1. The number of rotatable bonds is 11. The highest BCUT2D eigenvalue weighted by Crippen LogP contribution is 2.43. The molecule has 0 saturated carbocycles. The van der Waals surface area contributed by atoms with Crippen LogP contribution in [0, 0.1) is 6.92 Å². The monoisotopic (exact) mass is 677 g/mol. The fraction of sp³-hybridized carbons (Fsp3) is 0.0968. The molecule has 0 bridgehead atoms. The molecule has 47 heavy (non-hydrogen) atoms. The minimum absolute atomic E-state index is 0.0781. The van der Waals surface area contributed by atoms with Gasteiger partial charge >= 0.3 is 0 Å². The molecule has 0 aliphatic heterocycles. The Morgan fingerprint density at radius 1 is 0.745 bits per heavy atom. The van der Waals surface area contributed by atoms with Crippen LogP contribution in [-0.4, -0.2) is 49.4 Å². The largest absolute Gasteiger partial charge is 0.505 e. The van der Waals surface area contributed by atoms with Crippen LogP contribution in [0.3, 0.4) is 0 Å². The highest BCUT2D eigenvalue weighted by atomic mass is 32.2. The van der Waals surface area contributed by atoms with E-state index >= 15 is 0 Å². The Kier molecular flexibility index (Phi) is 9.59. The number of anilines is 2. The summed E-state index contributed by atoms with van der Waals surface area (Å²) in [6.45, 7) is 1.18. The van der Waals surface area contributed by atoms with Gasteiger partial charge in [0.2, 0.25) is 0 Å². The molecule has 0 unspecified atom stereocenters. The number of ether oxygens (including phenoxy) is 1. The summed E-state index contributed by atoms with van der Waals surface area (Å²) >= 11 is 0. The molecule has 242 valence electrons. The summed E-state index contributed by atoms with van der Waals surface area (Å²) < 4.78 is 72.2. The number of aliphatic hydroxyl groups is 1. The molecular weight excluding hydrogens is 651 g/mol.